The summed E-state index contributed by atoms with van der Waals surface area (Å²) in [4.78, 5) is 12.0. The summed E-state index contributed by atoms with van der Waals surface area (Å²) >= 11 is 4.03. The molecule has 5 N–H and O–H groups in total. The zero-order chi connectivity index (χ0) is 20.5. The summed E-state index contributed by atoms with van der Waals surface area (Å²) < 4.78 is 1.24. The number of hydrogen-bond acceptors (Lipinski definition) is 5. The second-order valence-electron chi connectivity index (χ2n) is 7.37. The van der Waals surface area contributed by atoms with Crippen molar-refractivity contribution in [1.82, 2.24) is 0 Å². The predicted molar refractivity (Wildman–Crippen MR) is 121 cm³/mol. The molecule has 0 aromatic carbocycles. The number of carbonyl (C=O) groups is 1. The number of carbonyl (C=O) groups excluding carboxylic acids is 1. The number of thiophene rings is 1. The highest BCUT2D eigenvalue weighted by Gasteiger charge is 2.39. The molecule has 0 aliphatic heterocycles. The van der Waals surface area contributed by atoms with Gasteiger partial charge in [0.2, 0.25) is 5.91 Å². The van der Waals surface area contributed by atoms with E-state index in [-0.39, 0.29) is 17.7 Å². The normalized spacial score (nSPS) is 26.4. The van der Waals surface area contributed by atoms with Crippen LogP contribution in [0.3, 0.4) is 0 Å². The molecule has 0 radical (unpaired) electrons. The monoisotopic (exact) mass is 519 g/mol. The van der Waals surface area contributed by atoms with Crippen molar-refractivity contribution in [3.05, 3.63) is 44.2 Å². The minimum absolute atomic E-state index is 0.0651. The lowest BCUT2D eigenvalue weighted by Crippen LogP contribution is -2.20. The van der Waals surface area contributed by atoms with Gasteiger partial charge >= 0.3 is 0 Å². The minimum atomic E-state index is -0.592. The van der Waals surface area contributed by atoms with E-state index < -0.39 is 18.3 Å². The second kappa shape index (κ2) is 12.1. The van der Waals surface area contributed by atoms with Crippen LogP contribution in [0.15, 0.2) is 36.4 Å². The summed E-state index contributed by atoms with van der Waals surface area (Å²) in [6.07, 6.45) is 10.3. The Hall–Kier alpha value is -0.740. The van der Waals surface area contributed by atoms with Crippen molar-refractivity contribution < 1.29 is 20.1 Å². The van der Waals surface area contributed by atoms with Crippen LogP contribution in [0.2, 0.25) is 0 Å². The highest BCUT2D eigenvalue weighted by molar-refractivity contribution is 14.1. The molecule has 0 spiro atoms. The number of primary amides is 1. The van der Waals surface area contributed by atoms with Crippen molar-refractivity contribution >= 4 is 39.8 Å². The first-order valence-corrected chi connectivity index (χ1v) is 11.7. The van der Waals surface area contributed by atoms with Crippen LogP contribution in [0.25, 0.3) is 0 Å². The van der Waals surface area contributed by atoms with E-state index in [0.717, 1.165) is 19.3 Å². The molecule has 0 bridgehead atoms. The molecule has 7 heteroatoms. The average Bonchev–Trinajstić information content (AvgIpc) is 3.16. The molecule has 1 amide bonds. The number of aliphatic hydroxyl groups is 3. The van der Waals surface area contributed by atoms with Gasteiger partial charge in [0.1, 0.15) is 0 Å². The third-order valence-electron chi connectivity index (χ3n) is 5.16. The minimum Gasteiger partial charge on any atom is -0.393 e. The number of nitrogens with two attached hydrogens (primary N) is 1. The van der Waals surface area contributed by atoms with Crippen LogP contribution >= 0.6 is 33.9 Å². The van der Waals surface area contributed by atoms with Crippen LogP contribution in [0.4, 0.5) is 0 Å². The van der Waals surface area contributed by atoms with Crippen molar-refractivity contribution in [2.75, 3.05) is 0 Å². The largest absolute Gasteiger partial charge is 0.393 e. The van der Waals surface area contributed by atoms with Gasteiger partial charge in [-0.15, -0.1) is 11.3 Å². The number of unbranched alkanes of at least 4 members (excludes halogenated alkanes) is 1. The maximum absolute atomic E-state index is 10.7. The van der Waals surface area contributed by atoms with E-state index in [1.54, 1.807) is 17.4 Å². The van der Waals surface area contributed by atoms with Crippen LogP contribution in [-0.4, -0.2) is 39.5 Å². The van der Waals surface area contributed by atoms with Crippen LogP contribution in [0.5, 0.6) is 0 Å². The van der Waals surface area contributed by atoms with Gasteiger partial charge in [-0.25, -0.2) is 0 Å². The van der Waals surface area contributed by atoms with Gasteiger partial charge in [-0.2, -0.15) is 0 Å². The molecule has 1 fully saturated rings. The lowest BCUT2D eigenvalue weighted by Gasteiger charge is -2.19. The van der Waals surface area contributed by atoms with E-state index in [1.165, 1.54) is 7.76 Å². The summed E-state index contributed by atoms with van der Waals surface area (Å²) in [5.41, 5.74) is 5.12. The zero-order valence-electron chi connectivity index (χ0n) is 15.9. The Morgan fingerprint density at radius 2 is 2.11 bits per heavy atom. The number of rotatable bonds is 11. The molecule has 1 aromatic heterocycles. The first-order valence-electron chi connectivity index (χ1n) is 9.77. The summed E-state index contributed by atoms with van der Waals surface area (Å²) in [6, 6.07) is 4.16. The number of halogens is 1. The number of aryl methyl sites for hydroxylation is 1. The van der Waals surface area contributed by atoms with Crippen molar-refractivity contribution in [1.29, 1.82) is 0 Å². The molecule has 2 rings (SSSR count). The standard InChI is InChI=1S/C21H30INO4S/c22-20-12-10-15(28-20)9-7-14(24)8-11-17-16(18(25)13-19(17)26)5-3-1-2-4-6-21(23)27/h1,3,8,10-12,14,16-19,24-26H,2,4-7,9,13H2,(H2,23,27)/t14?,16-,17-,18?,19?/m1/s1. The zero-order valence-corrected chi connectivity index (χ0v) is 18.9. The highest BCUT2D eigenvalue weighted by Crippen LogP contribution is 2.36. The van der Waals surface area contributed by atoms with E-state index in [4.69, 9.17) is 5.73 Å². The van der Waals surface area contributed by atoms with Gasteiger partial charge in [0.25, 0.3) is 0 Å². The quantitative estimate of drug-likeness (QED) is 0.205. The summed E-state index contributed by atoms with van der Waals surface area (Å²) in [5.74, 6) is -0.521. The lowest BCUT2D eigenvalue weighted by atomic mass is 9.89. The van der Waals surface area contributed by atoms with Gasteiger partial charge in [-0.3, -0.25) is 4.79 Å². The third-order valence-corrected chi connectivity index (χ3v) is 7.11. The molecule has 0 saturated heterocycles. The predicted octanol–water partition coefficient (Wildman–Crippen LogP) is 3.16. The van der Waals surface area contributed by atoms with Gasteiger partial charge in [0, 0.05) is 23.6 Å². The van der Waals surface area contributed by atoms with Crippen molar-refractivity contribution in [2.45, 2.75) is 63.3 Å². The number of allylic oxidation sites excluding steroid dienone is 2. The molecule has 5 nitrogen and oxygen atoms in total. The van der Waals surface area contributed by atoms with E-state index in [9.17, 15) is 20.1 Å². The van der Waals surface area contributed by atoms with Crippen LogP contribution in [0.1, 0.15) is 43.4 Å². The van der Waals surface area contributed by atoms with Crippen LogP contribution < -0.4 is 5.73 Å². The SMILES string of the molecule is NC(=O)CCCC=CC[C@H]1C(O)CC(O)[C@@H]1C=CC(O)CCc1ccc(I)s1. The van der Waals surface area contributed by atoms with Crippen molar-refractivity contribution in [2.24, 2.45) is 17.6 Å². The molecule has 5 atom stereocenters. The summed E-state index contributed by atoms with van der Waals surface area (Å²) in [5, 5.41) is 30.8. The first-order chi connectivity index (χ1) is 13.4. The van der Waals surface area contributed by atoms with E-state index in [2.05, 4.69) is 34.7 Å². The van der Waals surface area contributed by atoms with Gasteiger partial charge < -0.3 is 21.1 Å². The first kappa shape index (κ1) is 23.5. The van der Waals surface area contributed by atoms with Crippen LogP contribution in [-0.2, 0) is 11.2 Å². The molecule has 28 heavy (non-hydrogen) atoms. The number of hydrogen-bond donors (Lipinski definition) is 4. The molecular weight excluding hydrogens is 489 g/mol. The topological polar surface area (TPSA) is 104 Å². The fourth-order valence-electron chi connectivity index (χ4n) is 3.60. The third kappa shape index (κ3) is 7.94. The fourth-order valence-corrected chi connectivity index (χ4v) is 5.37. The number of aliphatic hydroxyl groups excluding tert-OH is 3. The van der Waals surface area contributed by atoms with Gasteiger partial charge in [-0.1, -0.05) is 24.3 Å². The Morgan fingerprint density at radius 1 is 1.32 bits per heavy atom. The van der Waals surface area contributed by atoms with Gasteiger partial charge in [0.05, 0.1) is 21.2 Å². The van der Waals surface area contributed by atoms with Crippen molar-refractivity contribution in [3.63, 3.8) is 0 Å². The van der Waals surface area contributed by atoms with Gasteiger partial charge in [-0.05, 0) is 72.7 Å². The highest BCUT2D eigenvalue weighted by atomic mass is 127. The average molecular weight is 519 g/mol. The Morgan fingerprint density at radius 3 is 2.79 bits per heavy atom. The van der Waals surface area contributed by atoms with Gasteiger partial charge in [0.15, 0.2) is 0 Å². The molecule has 1 aromatic rings. The van der Waals surface area contributed by atoms with Crippen molar-refractivity contribution in [3.8, 4) is 0 Å². The lowest BCUT2D eigenvalue weighted by molar-refractivity contribution is -0.118. The Bertz CT molecular complexity index is 675. The summed E-state index contributed by atoms with van der Waals surface area (Å²) in [6.45, 7) is 0. The van der Waals surface area contributed by atoms with E-state index in [1.807, 2.05) is 18.2 Å². The number of amides is 1. The Labute approximate surface area is 184 Å². The maximum Gasteiger partial charge on any atom is 0.217 e. The van der Waals surface area contributed by atoms with E-state index >= 15 is 0 Å². The molecule has 1 aliphatic rings. The second-order valence-corrected chi connectivity index (χ2v) is 10.4. The fraction of sp³-hybridized carbons (Fsp3) is 0.571. The molecule has 3 unspecified atom stereocenters. The molecule has 1 saturated carbocycles. The molecular formula is C21H30INO4S. The maximum atomic E-state index is 10.7. The summed E-state index contributed by atoms with van der Waals surface area (Å²) in [7, 11) is 0. The molecule has 1 heterocycles. The van der Waals surface area contributed by atoms with E-state index in [0.29, 0.717) is 25.7 Å². The molecule has 156 valence electrons. The van der Waals surface area contributed by atoms with Crippen LogP contribution in [0, 0.1) is 14.7 Å². The smallest absolute Gasteiger partial charge is 0.217 e. The molecule has 1 aliphatic carbocycles. The Balaban J connectivity index is 1.81. The Kier molecular flexibility index (Phi) is 10.1.